The van der Waals surface area contributed by atoms with Gasteiger partial charge in [0.2, 0.25) is 15.9 Å². The van der Waals surface area contributed by atoms with Crippen molar-refractivity contribution in [2.45, 2.75) is 32.7 Å². The Balaban J connectivity index is 1.93. The fourth-order valence-electron chi connectivity index (χ4n) is 2.93. The van der Waals surface area contributed by atoms with Gasteiger partial charge >= 0.3 is 0 Å². The van der Waals surface area contributed by atoms with Gasteiger partial charge in [-0.3, -0.25) is 4.79 Å². The van der Waals surface area contributed by atoms with E-state index in [0.717, 1.165) is 11.1 Å². The van der Waals surface area contributed by atoms with Crippen LogP contribution in [0.3, 0.4) is 0 Å². The molecule has 0 saturated carbocycles. The first-order valence-electron chi connectivity index (χ1n) is 7.60. The summed E-state index contributed by atoms with van der Waals surface area (Å²) in [5, 5.41) is 3.05. The van der Waals surface area contributed by atoms with E-state index in [0.29, 0.717) is 25.9 Å². The largest absolute Gasteiger partial charge is 0.349 e. The molecule has 1 saturated heterocycles. The van der Waals surface area contributed by atoms with Crippen molar-refractivity contribution in [3.05, 3.63) is 35.4 Å². The van der Waals surface area contributed by atoms with Gasteiger partial charge in [-0.15, -0.1) is 0 Å². The van der Waals surface area contributed by atoms with Crippen LogP contribution in [0.5, 0.6) is 0 Å². The predicted molar refractivity (Wildman–Crippen MR) is 86.9 cm³/mol. The Morgan fingerprint density at radius 1 is 1.27 bits per heavy atom. The molecule has 1 amide bonds. The first-order valence-corrected chi connectivity index (χ1v) is 9.45. The first-order chi connectivity index (χ1) is 10.3. The van der Waals surface area contributed by atoms with Gasteiger partial charge in [-0.2, -0.15) is 0 Å². The lowest BCUT2D eigenvalue weighted by molar-refractivity contribution is -0.126. The number of aryl methyl sites for hydroxylation is 1. The van der Waals surface area contributed by atoms with Crippen LogP contribution >= 0.6 is 0 Å². The average Bonchev–Trinajstić information content (AvgIpc) is 2.46. The summed E-state index contributed by atoms with van der Waals surface area (Å²) in [5.41, 5.74) is 2.27. The summed E-state index contributed by atoms with van der Waals surface area (Å²) in [6, 6.07) is 7.96. The van der Waals surface area contributed by atoms with E-state index in [2.05, 4.69) is 5.32 Å². The van der Waals surface area contributed by atoms with Crippen molar-refractivity contribution in [1.82, 2.24) is 9.62 Å². The fourth-order valence-corrected chi connectivity index (χ4v) is 3.81. The van der Waals surface area contributed by atoms with E-state index < -0.39 is 10.0 Å². The number of amides is 1. The molecule has 1 aromatic carbocycles. The molecule has 2 rings (SSSR count). The molecule has 1 heterocycles. The molecule has 1 fully saturated rings. The second kappa shape index (κ2) is 6.79. The Bertz CT molecular complexity index is 635. The van der Waals surface area contributed by atoms with Crippen LogP contribution < -0.4 is 5.32 Å². The highest BCUT2D eigenvalue weighted by atomic mass is 32.2. The molecule has 0 spiro atoms. The van der Waals surface area contributed by atoms with Gasteiger partial charge in [0.15, 0.2) is 0 Å². The maximum absolute atomic E-state index is 12.4. The number of piperidine rings is 1. The van der Waals surface area contributed by atoms with E-state index in [1.165, 1.54) is 10.6 Å². The van der Waals surface area contributed by atoms with E-state index in [-0.39, 0.29) is 17.9 Å². The molecule has 1 aliphatic rings. The van der Waals surface area contributed by atoms with Crippen molar-refractivity contribution < 1.29 is 13.2 Å². The summed E-state index contributed by atoms with van der Waals surface area (Å²) in [6.07, 6.45) is 2.38. The molecule has 1 N–H and O–H groups in total. The van der Waals surface area contributed by atoms with Gasteiger partial charge in [0.05, 0.1) is 12.3 Å². The van der Waals surface area contributed by atoms with Crippen molar-refractivity contribution in [1.29, 1.82) is 0 Å². The van der Waals surface area contributed by atoms with Gasteiger partial charge in [0.25, 0.3) is 0 Å². The maximum atomic E-state index is 12.4. The molecule has 1 aromatic rings. The van der Waals surface area contributed by atoms with Gasteiger partial charge < -0.3 is 5.32 Å². The highest BCUT2D eigenvalue weighted by Crippen LogP contribution is 2.22. The lowest BCUT2D eigenvalue weighted by Gasteiger charge is -2.30. The molecule has 0 aromatic heterocycles. The van der Waals surface area contributed by atoms with Crippen LogP contribution in [0.4, 0.5) is 0 Å². The topological polar surface area (TPSA) is 66.5 Å². The first kappa shape index (κ1) is 17.0. The minimum atomic E-state index is -3.15. The highest BCUT2D eigenvalue weighted by Gasteiger charge is 2.29. The Morgan fingerprint density at radius 2 is 1.86 bits per heavy atom. The van der Waals surface area contributed by atoms with Crippen LogP contribution in [0.1, 0.15) is 36.9 Å². The minimum Gasteiger partial charge on any atom is -0.349 e. The number of carbonyl (C=O) groups excluding carboxylic acids is 1. The van der Waals surface area contributed by atoms with Gasteiger partial charge in [0.1, 0.15) is 0 Å². The number of sulfonamides is 1. The number of benzene rings is 1. The number of carbonyl (C=O) groups is 1. The quantitative estimate of drug-likeness (QED) is 0.919. The summed E-state index contributed by atoms with van der Waals surface area (Å²) >= 11 is 0. The third-order valence-electron chi connectivity index (χ3n) is 4.31. The predicted octanol–water partition coefficient (Wildman–Crippen LogP) is 1.84. The van der Waals surface area contributed by atoms with Crippen molar-refractivity contribution >= 4 is 15.9 Å². The molecule has 0 bridgehead atoms. The maximum Gasteiger partial charge on any atom is 0.223 e. The van der Waals surface area contributed by atoms with Crippen molar-refractivity contribution in [2.75, 3.05) is 19.3 Å². The molecule has 5 nitrogen and oxygen atoms in total. The summed E-state index contributed by atoms with van der Waals surface area (Å²) < 4.78 is 24.4. The number of nitrogens with zero attached hydrogens (tertiary/aromatic N) is 1. The lowest BCUT2D eigenvalue weighted by atomic mass is 9.96. The van der Waals surface area contributed by atoms with Crippen LogP contribution in [0.15, 0.2) is 24.3 Å². The Morgan fingerprint density at radius 3 is 2.41 bits per heavy atom. The van der Waals surface area contributed by atoms with Crippen LogP contribution in [0.2, 0.25) is 0 Å². The molecule has 122 valence electrons. The average molecular weight is 324 g/mol. The van der Waals surface area contributed by atoms with Crippen LogP contribution in [0, 0.1) is 12.8 Å². The third kappa shape index (κ3) is 4.08. The molecule has 22 heavy (non-hydrogen) atoms. The van der Waals surface area contributed by atoms with E-state index in [9.17, 15) is 13.2 Å². The lowest BCUT2D eigenvalue weighted by Crippen LogP contribution is -2.43. The Hall–Kier alpha value is -1.40. The van der Waals surface area contributed by atoms with Gasteiger partial charge in [-0.1, -0.05) is 24.3 Å². The monoisotopic (exact) mass is 324 g/mol. The Labute approximate surface area is 132 Å². The van der Waals surface area contributed by atoms with Crippen molar-refractivity contribution in [3.63, 3.8) is 0 Å². The second-order valence-electron chi connectivity index (χ2n) is 6.02. The Kier molecular flexibility index (Phi) is 5.24. The normalized spacial score (nSPS) is 18.9. The summed E-state index contributed by atoms with van der Waals surface area (Å²) in [6.45, 7) is 4.86. The zero-order valence-corrected chi connectivity index (χ0v) is 14.2. The number of nitrogens with one attached hydrogen (secondary N) is 1. The highest BCUT2D eigenvalue weighted by molar-refractivity contribution is 7.88. The van der Waals surface area contributed by atoms with Gasteiger partial charge in [-0.25, -0.2) is 12.7 Å². The molecule has 0 aliphatic carbocycles. The number of rotatable bonds is 4. The summed E-state index contributed by atoms with van der Waals surface area (Å²) in [4.78, 5) is 12.4. The second-order valence-corrected chi connectivity index (χ2v) is 8.01. The number of hydrogen-bond acceptors (Lipinski definition) is 3. The zero-order valence-electron chi connectivity index (χ0n) is 13.4. The van der Waals surface area contributed by atoms with Gasteiger partial charge in [-0.05, 0) is 37.8 Å². The van der Waals surface area contributed by atoms with Crippen LogP contribution in [-0.4, -0.2) is 38.0 Å². The zero-order chi connectivity index (χ0) is 16.3. The third-order valence-corrected chi connectivity index (χ3v) is 5.61. The van der Waals surface area contributed by atoms with Crippen molar-refractivity contribution in [3.8, 4) is 0 Å². The molecule has 0 unspecified atom stereocenters. The molecule has 0 radical (unpaired) electrons. The van der Waals surface area contributed by atoms with E-state index in [1.807, 2.05) is 38.1 Å². The standard InChI is InChI=1S/C16H24N2O3S/c1-12-6-4-5-7-15(12)13(2)17-16(19)14-8-10-18(11-9-14)22(3,20)21/h4-7,13-14H,8-11H2,1-3H3,(H,17,19)/t13-/m1/s1. The molecule has 1 atom stereocenters. The van der Waals surface area contributed by atoms with E-state index >= 15 is 0 Å². The molecule has 6 heteroatoms. The fraction of sp³-hybridized carbons (Fsp3) is 0.562. The molecular weight excluding hydrogens is 300 g/mol. The van der Waals surface area contributed by atoms with E-state index in [1.54, 1.807) is 0 Å². The van der Waals surface area contributed by atoms with Crippen LogP contribution in [-0.2, 0) is 14.8 Å². The summed E-state index contributed by atoms with van der Waals surface area (Å²) in [7, 11) is -3.15. The SMILES string of the molecule is Cc1ccccc1[C@@H](C)NC(=O)C1CCN(S(C)(=O)=O)CC1. The smallest absolute Gasteiger partial charge is 0.223 e. The van der Waals surface area contributed by atoms with E-state index in [4.69, 9.17) is 0 Å². The van der Waals surface area contributed by atoms with Gasteiger partial charge in [0, 0.05) is 19.0 Å². The van der Waals surface area contributed by atoms with Crippen molar-refractivity contribution in [2.24, 2.45) is 5.92 Å². The minimum absolute atomic E-state index is 0.0175. The molecular formula is C16H24N2O3S. The summed E-state index contributed by atoms with van der Waals surface area (Å²) in [5.74, 6) is -0.0895. The van der Waals surface area contributed by atoms with Crippen LogP contribution in [0.25, 0.3) is 0 Å². The molecule has 1 aliphatic heterocycles. The number of hydrogen-bond donors (Lipinski definition) is 1.